The van der Waals surface area contributed by atoms with Gasteiger partial charge in [-0.05, 0) is 12.1 Å². The van der Waals surface area contributed by atoms with Crippen molar-refractivity contribution in [2.45, 2.75) is 0 Å². The standard InChI is InChI=1S/C25H29FN8O3/c1-32-20(24-28-19-13-17(37-3)12-18(26)23(19)30-24)14-21(31-32)29-25(35)16-4-5-22(27-15-16)34-8-6-33(7-9-34)10-11-36-2/h4-5,12-15H,6-11H2,1-3H3,(H,28,30)(H,29,31,35). The van der Waals surface area contributed by atoms with Crippen LogP contribution in [0, 0.1) is 5.82 Å². The number of imidazole rings is 1. The number of anilines is 2. The third-order valence-electron chi connectivity index (χ3n) is 6.43. The molecule has 4 aromatic rings. The Morgan fingerprint density at radius 1 is 1.16 bits per heavy atom. The molecule has 0 radical (unpaired) electrons. The van der Waals surface area contributed by atoms with E-state index in [1.54, 1.807) is 43.2 Å². The average molecular weight is 509 g/mol. The summed E-state index contributed by atoms with van der Waals surface area (Å²) in [5, 5.41) is 7.16. The molecule has 194 valence electrons. The van der Waals surface area contributed by atoms with E-state index >= 15 is 0 Å². The molecule has 1 saturated heterocycles. The molecule has 0 aliphatic carbocycles. The SMILES string of the molecule is COCCN1CCN(c2ccc(C(=O)Nc3cc(-c4nc5c(F)cc(OC)cc5[nH]4)n(C)n3)cn2)CC1. The minimum absolute atomic E-state index is 0.199. The molecule has 1 amide bonds. The fourth-order valence-electron chi connectivity index (χ4n) is 4.36. The first-order valence-corrected chi connectivity index (χ1v) is 12.0. The maximum absolute atomic E-state index is 14.4. The van der Waals surface area contributed by atoms with Crippen molar-refractivity contribution in [3.05, 3.63) is 47.9 Å². The number of aromatic nitrogens is 5. The smallest absolute Gasteiger partial charge is 0.258 e. The zero-order chi connectivity index (χ0) is 25.9. The molecule has 1 aliphatic rings. The van der Waals surface area contributed by atoms with Crippen molar-refractivity contribution in [2.75, 3.05) is 63.8 Å². The van der Waals surface area contributed by atoms with Gasteiger partial charge in [0.05, 0.1) is 24.8 Å². The van der Waals surface area contributed by atoms with Crippen LogP contribution in [-0.4, -0.2) is 89.1 Å². The highest BCUT2D eigenvalue weighted by Crippen LogP contribution is 2.27. The Balaban J connectivity index is 1.25. The molecule has 4 heterocycles. The van der Waals surface area contributed by atoms with Crippen molar-refractivity contribution in [3.63, 3.8) is 0 Å². The summed E-state index contributed by atoms with van der Waals surface area (Å²) in [7, 11) is 4.91. The topological polar surface area (TPSA) is 113 Å². The lowest BCUT2D eigenvalue weighted by molar-refractivity contribution is 0.102. The van der Waals surface area contributed by atoms with Crippen LogP contribution in [0.25, 0.3) is 22.6 Å². The Labute approximate surface area is 213 Å². The number of carbonyl (C=O) groups excluding carboxylic acids is 1. The highest BCUT2D eigenvalue weighted by atomic mass is 19.1. The summed E-state index contributed by atoms with van der Waals surface area (Å²) in [6, 6.07) is 8.25. The van der Waals surface area contributed by atoms with Crippen molar-refractivity contribution >= 4 is 28.6 Å². The number of pyridine rings is 1. The van der Waals surface area contributed by atoms with Crippen molar-refractivity contribution in [3.8, 4) is 17.3 Å². The zero-order valence-electron chi connectivity index (χ0n) is 21.0. The van der Waals surface area contributed by atoms with Gasteiger partial charge in [-0.15, -0.1) is 0 Å². The van der Waals surface area contributed by atoms with Gasteiger partial charge in [-0.3, -0.25) is 14.4 Å². The van der Waals surface area contributed by atoms with E-state index in [1.807, 2.05) is 6.07 Å². The Morgan fingerprint density at radius 2 is 1.97 bits per heavy atom. The van der Waals surface area contributed by atoms with E-state index in [2.05, 4.69) is 35.2 Å². The minimum Gasteiger partial charge on any atom is -0.497 e. The minimum atomic E-state index is -0.489. The lowest BCUT2D eigenvalue weighted by Crippen LogP contribution is -2.47. The molecule has 11 nitrogen and oxygen atoms in total. The monoisotopic (exact) mass is 508 g/mol. The number of hydrogen-bond acceptors (Lipinski definition) is 8. The predicted molar refractivity (Wildman–Crippen MR) is 138 cm³/mol. The van der Waals surface area contributed by atoms with Crippen LogP contribution in [0.3, 0.4) is 0 Å². The van der Waals surface area contributed by atoms with Crippen LogP contribution < -0.4 is 15.0 Å². The molecule has 2 N–H and O–H groups in total. The van der Waals surface area contributed by atoms with Gasteiger partial charge in [0.1, 0.15) is 22.8 Å². The lowest BCUT2D eigenvalue weighted by Gasteiger charge is -2.35. The molecular weight excluding hydrogens is 479 g/mol. The van der Waals surface area contributed by atoms with Crippen molar-refractivity contribution < 1.29 is 18.7 Å². The van der Waals surface area contributed by atoms with Crippen LogP contribution in [-0.2, 0) is 11.8 Å². The third-order valence-corrected chi connectivity index (χ3v) is 6.43. The molecule has 0 spiro atoms. The quantitative estimate of drug-likeness (QED) is 0.373. The number of benzene rings is 1. The largest absolute Gasteiger partial charge is 0.497 e. The van der Waals surface area contributed by atoms with Crippen LogP contribution in [0.15, 0.2) is 36.5 Å². The van der Waals surface area contributed by atoms with Gasteiger partial charge < -0.3 is 24.7 Å². The van der Waals surface area contributed by atoms with Crippen LogP contribution >= 0.6 is 0 Å². The number of aromatic amines is 1. The van der Waals surface area contributed by atoms with Gasteiger partial charge in [0.15, 0.2) is 17.5 Å². The Morgan fingerprint density at radius 3 is 2.68 bits per heavy atom. The van der Waals surface area contributed by atoms with Gasteiger partial charge in [0, 0.05) is 71.3 Å². The second-order valence-corrected chi connectivity index (χ2v) is 8.81. The number of methoxy groups -OCH3 is 2. The maximum atomic E-state index is 14.4. The number of nitrogens with one attached hydrogen (secondary N) is 2. The second kappa shape index (κ2) is 10.5. The van der Waals surface area contributed by atoms with E-state index < -0.39 is 5.82 Å². The molecule has 1 aromatic carbocycles. The van der Waals surface area contributed by atoms with E-state index in [9.17, 15) is 9.18 Å². The molecule has 1 fully saturated rings. The molecule has 12 heteroatoms. The van der Waals surface area contributed by atoms with Crippen LogP contribution in [0.4, 0.5) is 16.0 Å². The number of halogens is 1. The predicted octanol–water partition coefficient (Wildman–Crippen LogP) is 2.53. The fraction of sp³-hybridized carbons (Fsp3) is 0.360. The first-order chi connectivity index (χ1) is 17.9. The molecule has 0 saturated carbocycles. The summed E-state index contributed by atoms with van der Waals surface area (Å²) in [5.74, 6) is 1.19. The number of ether oxygens (including phenoxy) is 2. The zero-order valence-corrected chi connectivity index (χ0v) is 21.0. The van der Waals surface area contributed by atoms with E-state index in [-0.39, 0.29) is 11.4 Å². The molecule has 1 aliphatic heterocycles. The van der Waals surface area contributed by atoms with E-state index in [1.165, 1.54) is 13.2 Å². The van der Waals surface area contributed by atoms with Crippen molar-refractivity contribution in [2.24, 2.45) is 7.05 Å². The number of H-pyrrole nitrogens is 1. The molecule has 5 rings (SSSR count). The summed E-state index contributed by atoms with van der Waals surface area (Å²) in [4.78, 5) is 29.4. The number of aryl methyl sites for hydroxylation is 1. The van der Waals surface area contributed by atoms with E-state index in [0.717, 1.165) is 45.1 Å². The number of carbonyl (C=O) groups is 1. The number of fused-ring (bicyclic) bond motifs is 1. The molecule has 0 bridgehead atoms. The molecule has 0 unspecified atom stereocenters. The summed E-state index contributed by atoms with van der Waals surface area (Å²) in [6.45, 7) is 5.29. The Bertz CT molecular complexity index is 1390. The first kappa shape index (κ1) is 24.7. The van der Waals surface area contributed by atoms with Gasteiger partial charge >= 0.3 is 0 Å². The van der Waals surface area contributed by atoms with Crippen LogP contribution in [0.2, 0.25) is 0 Å². The highest BCUT2D eigenvalue weighted by Gasteiger charge is 2.19. The number of nitrogens with zero attached hydrogens (tertiary/aromatic N) is 6. The van der Waals surface area contributed by atoms with Gasteiger partial charge in [-0.2, -0.15) is 5.10 Å². The Hall–Kier alpha value is -4.03. The summed E-state index contributed by atoms with van der Waals surface area (Å²) < 4.78 is 26.2. The van der Waals surface area contributed by atoms with Crippen molar-refractivity contribution in [1.29, 1.82) is 0 Å². The summed E-state index contributed by atoms with van der Waals surface area (Å²) >= 11 is 0. The fourth-order valence-corrected chi connectivity index (χ4v) is 4.36. The molecule has 0 atom stereocenters. The summed E-state index contributed by atoms with van der Waals surface area (Å²) in [6.07, 6.45) is 1.57. The van der Waals surface area contributed by atoms with E-state index in [0.29, 0.717) is 34.2 Å². The van der Waals surface area contributed by atoms with Gasteiger partial charge in [0.2, 0.25) is 0 Å². The van der Waals surface area contributed by atoms with Gasteiger partial charge in [-0.1, -0.05) is 0 Å². The molecule has 37 heavy (non-hydrogen) atoms. The van der Waals surface area contributed by atoms with Crippen LogP contribution in [0.5, 0.6) is 5.75 Å². The normalized spacial score (nSPS) is 14.3. The first-order valence-electron chi connectivity index (χ1n) is 12.0. The molecule has 3 aromatic heterocycles. The maximum Gasteiger partial charge on any atom is 0.258 e. The number of piperazine rings is 1. The van der Waals surface area contributed by atoms with Gasteiger partial charge in [0.25, 0.3) is 5.91 Å². The van der Waals surface area contributed by atoms with Gasteiger partial charge in [-0.25, -0.2) is 14.4 Å². The summed E-state index contributed by atoms with van der Waals surface area (Å²) in [5.41, 5.74) is 1.71. The number of rotatable bonds is 8. The Kier molecular flexibility index (Phi) is 7.01. The van der Waals surface area contributed by atoms with E-state index in [4.69, 9.17) is 9.47 Å². The van der Waals surface area contributed by atoms with Crippen LogP contribution in [0.1, 0.15) is 10.4 Å². The number of amides is 1. The van der Waals surface area contributed by atoms with Crippen molar-refractivity contribution in [1.82, 2.24) is 29.6 Å². The number of hydrogen-bond donors (Lipinski definition) is 2. The average Bonchev–Trinajstić information content (AvgIpc) is 3.51. The molecular formula is C25H29FN8O3. The lowest BCUT2D eigenvalue weighted by atomic mass is 10.2. The second-order valence-electron chi connectivity index (χ2n) is 8.81. The third kappa shape index (κ3) is 5.25. The highest BCUT2D eigenvalue weighted by molar-refractivity contribution is 6.03.